The van der Waals surface area contributed by atoms with Crippen molar-refractivity contribution in [3.63, 3.8) is 0 Å². The number of hydrogen-bond donors (Lipinski definition) is 1. The van der Waals surface area contributed by atoms with Crippen molar-refractivity contribution in [1.82, 2.24) is 4.98 Å². The van der Waals surface area contributed by atoms with Crippen LogP contribution < -0.4 is 15.1 Å². The Balaban J connectivity index is 1.48. The summed E-state index contributed by atoms with van der Waals surface area (Å²) < 4.78 is 18.7. The fourth-order valence-electron chi connectivity index (χ4n) is 5.26. The Morgan fingerprint density at radius 2 is 2.06 bits per heavy atom. The van der Waals surface area contributed by atoms with Gasteiger partial charge in [-0.3, -0.25) is 9.18 Å². The van der Waals surface area contributed by atoms with E-state index in [-0.39, 0.29) is 30.5 Å². The second-order valence-corrected chi connectivity index (χ2v) is 9.23. The zero-order valence-electron chi connectivity index (χ0n) is 18.6. The number of methoxy groups -OCH3 is 1. The van der Waals surface area contributed by atoms with E-state index < -0.39 is 0 Å². The van der Waals surface area contributed by atoms with Crippen LogP contribution in [-0.2, 0) is 16.1 Å². The van der Waals surface area contributed by atoms with Crippen molar-refractivity contribution < 1.29 is 13.9 Å². The minimum atomic E-state index is -0.279. The van der Waals surface area contributed by atoms with E-state index in [1.165, 1.54) is 0 Å². The van der Waals surface area contributed by atoms with Crippen LogP contribution in [0, 0.1) is 11.8 Å². The third-order valence-electron chi connectivity index (χ3n) is 7.24. The van der Waals surface area contributed by atoms with Gasteiger partial charge >= 0.3 is 0 Å². The molecule has 1 atom stereocenters. The molecule has 7 heteroatoms. The number of hydrogen-bond acceptors (Lipinski definition) is 5. The van der Waals surface area contributed by atoms with Crippen molar-refractivity contribution >= 4 is 28.8 Å². The Kier molecular flexibility index (Phi) is 6.00. The highest BCUT2D eigenvalue weighted by molar-refractivity contribution is 6.00. The minimum absolute atomic E-state index is 0.00108. The van der Waals surface area contributed by atoms with E-state index in [2.05, 4.69) is 27.3 Å². The predicted octanol–water partition coefficient (Wildman–Crippen LogP) is 4.67. The van der Waals surface area contributed by atoms with Gasteiger partial charge in [-0.2, -0.15) is 0 Å². The fraction of sp³-hybridized carbons (Fsp3) is 0.520. The summed E-state index contributed by atoms with van der Waals surface area (Å²) >= 11 is 0. The monoisotopic (exact) mass is 438 g/mol. The number of anilines is 4. The highest BCUT2D eigenvalue weighted by Gasteiger charge is 2.33. The lowest BCUT2D eigenvalue weighted by atomic mass is 9.86. The number of pyridine rings is 1. The van der Waals surface area contributed by atoms with Crippen LogP contribution in [0.2, 0.25) is 0 Å². The Bertz CT molecular complexity index is 976. The molecule has 6 nitrogen and oxygen atoms in total. The van der Waals surface area contributed by atoms with Crippen LogP contribution in [0.4, 0.5) is 27.3 Å². The number of benzene rings is 1. The van der Waals surface area contributed by atoms with Crippen molar-refractivity contribution in [1.29, 1.82) is 0 Å². The fourth-order valence-corrected chi connectivity index (χ4v) is 5.26. The lowest BCUT2D eigenvalue weighted by molar-refractivity contribution is -0.124. The number of nitrogens with one attached hydrogen (secondary N) is 1. The Morgan fingerprint density at radius 3 is 2.81 bits per heavy atom. The van der Waals surface area contributed by atoms with Crippen LogP contribution in [-0.4, -0.2) is 43.9 Å². The van der Waals surface area contributed by atoms with Gasteiger partial charge in [-0.15, -0.1) is 0 Å². The maximum absolute atomic E-state index is 13.8. The van der Waals surface area contributed by atoms with Crippen LogP contribution >= 0.6 is 0 Å². The van der Waals surface area contributed by atoms with Gasteiger partial charge in [0, 0.05) is 49.5 Å². The molecule has 5 rings (SSSR count). The van der Waals surface area contributed by atoms with Gasteiger partial charge in [0.25, 0.3) is 0 Å². The topological polar surface area (TPSA) is 57.7 Å². The van der Waals surface area contributed by atoms with Gasteiger partial charge in [0.1, 0.15) is 5.82 Å². The first kappa shape index (κ1) is 21.2. The molecule has 0 bridgehead atoms. The standard InChI is InChI=1S/C25H31FN4O2/c1-32-21-7-4-18(5-8-21)25(31)30-16-19-3-2-11-27-24(19)28-22-9-6-20(13-23(22)30)29-12-10-17(14-26)15-29/h2-3,6,9,11,13,17-18,21H,4-5,7-8,10,12,14-16H2,1H3,(H,27,28)/t17-,18?,21?/m1/s1. The maximum Gasteiger partial charge on any atom is 0.230 e. The van der Waals surface area contributed by atoms with Crippen molar-refractivity contribution in [2.75, 3.05) is 42.0 Å². The van der Waals surface area contributed by atoms with Gasteiger partial charge in [-0.1, -0.05) is 6.07 Å². The van der Waals surface area contributed by atoms with Crippen molar-refractivity contribution in [3.8, 4) is 0 Å². The Labute approximate surface area is 188 Å². The smallest absolute Gasteiger partial charge is 0.230 e. The van der Waals surface area contributed by atoms with Crippen molar-refractivity contribution in [2.45, 2.75) is 44.8 Å². The van der Waals surface area contributed by atoms with E-state index in [0.717, 1.165) is 73.6 Å². The van der Waals surface area contributed by atoms with Gasteiger partial charge in [-0.05, 0) is 56.4 Å². The van der Waals surface area contributed by atoms with Crippen LogP contribution in [0.1, 0.15) is 37.7 Å². The number of aromatic nitrogens is 1. The van der Waals surface area contributed by atoms with Gasteiger partial charge in [0.05, 0.1) is 30.7 Å². The van der Waals surface area contributed by atoms with Gasteiger partial charge in [0.15, 0.2) is 0 Å². The average Bonchev–Trinajstić information content (AvgIpc) is 3.26. The molecule has 2 fully saturated rings. The predicted molar refractivity (Wildman–Crippen MR) is 124 cm³/mol. The molecule has 1 N–H and O–H groups in total. The molecule has 170 valence electrons. The van der Waals surface area contributed by atoms with E-state index in [1.807, 2.05) is 23.1 Å². The number of halogens is 1. The SMILES string of the molecule is COC1CCC(C(=O)N2Cc3cccnc3Nc3ccc(N4CC[C@H](CF)C4)cc32)CC1. The van der Waals surface area contributed by atoms with E-state index in [1.54, 1.807) is 13.3 Å². The molecule has 1 aromatic heterocycles. The number of fused-ring (bicyclic) bond motifs is 2. The van der Waals surface area contributed by atoms with Gasteiger partial charge in [0.2, 0.25) is 5.91 Å². The molecule has 32 heavy (non-hydrogen) atoms. The zero-order chi connectivity index (χ0) is 22.1. The summed E-state index contributed by atoms with van der Waals surface area (Å²) in [6.45, 7) is 1.78. The zero-order valence-corrected chi connectivity index (χ0v) is 18.6. The third-order valence-corrected chi connectivity index (χ3v) is 7.24. The van der Waals surface area contributed by atoms with Crippen LogP contribution in [0.15, 0.2) is 36.5 Å². The number of ether oxygens (including phenoxy) is 1. The number of nitrogens with zero attached hydrogens (tertiary/aromatic N) is 3. The largest absolute Gasteiger partial charge is 0.381 e. The summed E-state index contributed by atoms with van der Waals surface area (Å²) in [5.41, 5.74) is 3.80. The molecule has 1 aromatic carbocycles. The molecule has 2 aliphatic heterocycles. The molecule has 1 amide bonds. The van der Waals surface area contributed by atoms with Crippen LogP contribution in [0.5, 0.6) is 0 Å². The summed E-state index contributed by atoms with van der Waals surface area (Å²) in [6, 6.07) is 10.1. The van der Waals surface area contributed by atoms with E-state index >= 15 is 0 Å². The lowest BCUT2D eigenvalue weighted by Crippen LogP contribution is -2.38. The van der Waals surface area contributed by atoms with Crippen molar-refractivity contribution in [2.24, 2.45) is 11.8 Å². The molecule has 3 heterocycles. The van der Waals surface area contributed by atoms with E-state index in [4.69, 9.17) is 4.74 Å². The summed E-state index contributed by atoms with van der Waals surface area (Å²) in [7, 11) is 1.75. The summed E-state index contributed by atoms with van der Waals surface area (Å²) in [6.07, 6.45) is 6.43. The lowest BCUT2D eigenvalue weighted by Gasteiger charge is -2.32. The molecule has 1 saturated carbocycles. The van der Waals surface area contributed by atoms with E-state index in [0.29, 0.717) is 6.54 Å². The number of rotatable bonds is 4. The normalized spacial score (nSPS) is 25.0. The summed E-state index contributed by atoms with van der Waals surface area (Å²) in [4.78, 5) is 22.4. The van der Waals surface area contributed by atoms with Crippen molar-refractivity contribution in [3.05, 3.63) is 42.1 Å². The summed E-state index contributed by atoms with van der Waals surface area (Å²) in [5.74, 6) is 1.05. The first-order valence-electron chi connectivity index (χ1n) is 11.7. The minimum Gasteiger partial charge on any atom is -0.381 e. The molecule has 0 radical (unpaired) electrons. The number of amides is 1. The first-order valence-corrected chi connectivity index (χ1v) is 11.7. The van der Waals surface area contributed by atoms with Crippen LogP contribution in [0.25, 0.3) is 0 Å². The highest BCUT2D eigenvalue weighted by atomic mass is 19.1. The Hall–Kier alpha value is -2.67. The van der Waals surface area contributed by atoms with E-state index in [9.17, 15) is 9.18 Å². The summed E-state index contributed by atoms with van der Waals surface area (Å²) in [5, 5.41) is 3.44. The maximum atomic E-state index is 13.8. The molecule has 0 spiro atoms. The first-order chi connectivity index (χ1) is 15.7. The van der Waals surface area contributed by atoms with Gasteiger partial charge in [-0.25, -0.2) is 4.98 Å². The number of carbonyl (C=O) groups is 1. The second-order valence-electron chi connectivity index (χ2n) is 9.23. The second kappa shape index (κ2) is 9.06. The third kappa shape index (κ3) is 4.06. The Morgan fingerprint density at radius 1 is 1.22 bits per heavy atom. The van der Waals surface area contributed by atoms with Crippen LogP contribution in [0.3, 0.4) is 0 Å². The average molecular weight is 439 g/mol. The molecule has 2 aromatic rings. The molecule has 0 unspecified atom stereocenters. The number of carbonyl (C=O) groups excluding carboxylic acids is 1. The highest BCUT2D eigenvalue weighted by Crippen LogP contribution is 2.40. The molecule has 3 aliphatic rings. The molecule has 1 aliphatic carbocycles. The number of alkyl halides is 1. The van der Waals surface area contributed by atoms with Gasteiger partial charge < -0.3 is 19.9 Å². The molecular formula is C25H31FN4O2. The quantitative estimate of drug-likeness (QED) is 0.752. The molecule has 1 saturated heterocycles. The molecular weight excluding hydrogens is 407 g/mol.